The predicted molar refractivity (Wildman–Crippen MR) is 187 cm³/mol. The Morgan fingerprint density at radius 2 is 1.70 bits per heavy atom. The van der Waals surface area contributed by atoms with Gasteiger partial charge in [0.2, 0.25) is 0 Å². The van der Waals surface area contributed by atoms with Crippen molar-refractivity contribution in [1.29, 1.82) is 0 Å². The second-order valence-electron chi connectivity index (χ2n) is 13.2. The van der Waals surface area contributed by atoms with E-state index in [1.54, 1.807) is 0 Å². The molecule has 1 aliphatic carbocycles. The molecule has 3 atom stereocenters. The standard InChI is InChI=1S/C39H44N4O4/c1-9-24-20(5)28-15-30-22(7)26(11-12-34(45)47-14-13-19(3)4)37(42-30)36-27(18-44)39(46)35-23(8)31(43-38(35)36)17-33-25(10-2)21(6)29(41-33)16-32(24)40-28/h9,13,15-18,22,26-27,40-43H,1,10-12,14H2,2-8H3/b29-16-,30-15-,33-17-,37-36-/t22-,26-,27+/m0/s1. The maximum Gasteiger partial charge on any atom is 0.306 e. The molecule has 5 heterocycles. The average molecular weight is 633 g/mol. The molecule has 6 rings (SSSR count). The average Bonchev–Trinajstić information content (AvgIpc) is 3.76. The van der Waals surface area contributed by atoms with Crippen LogP contribution in [0.5, 0.6) is 0 Å². The molecule has 8 bridgehead atoms. The zero-order chi connectivity index (χ0) is 33.7. The molecule has 244 valence electrons. The number of carbonyl (C=O) groups is 3. The molecule has 1 saturated heterocycles. The lowest BCUT2D eigenvalue weighted by Gasteiger charge is -2.18. The highest BCUT2D eigenvalue weighted by molar-refractivity contribution is 6.22. The van der Waals surface area contributed by atoms with Gasteiger partial charge in [-0.3, -0.25) is 9.59 Å². The first-order valence-corrected chi connectivity index (χ1v) is 16.5. The van der Waals surface area contributed by atoms with E-state index in [4.69, 9.17) is 4.74 Å². The summed E-state index contributed by atoms with van der Waals surface area (Å²) in [5, 5.41) is 5.64. The first kappa shape index (κ1) is 32.1. The van der Waals surface area contributed by atoms with Crippen molar-refractivity contribution in [3.63, 3.8) is 0 Å². The number of H-pyrrole nitrogens is 3. The van der Waals surface area contributed by atoms with Crippen molar-refractivity contribution in [3.8, 4) is 0 Å². The Balaban J connectivity index is 1.60. The lowest BCUT2D eigenvalue weighted by atomic mass is 9.85. The van der Waals surface area contributed by atoms with Gasteiger partial charge in [-0.1, -0.05) is 32.1 Å². The zero-order valence-electron chi connectivity index (χ0n) is 28.4. The van der Waals surface area contributed by atoms with Crippen LogP contribution in [0.3, 0.4) is 0 Å². The summed E-state index contributed by atoms with van der Waals surface area (Å²) >= 11 is 0. The van der Waals surface area contributed by atoms with Crippen LogP contribution in [0.1, 0.15) is 101 Å². The maximum atomic E-state index is 13.9. The smallest absolute Gasteiger partial charge is 0.306 e. The molecule has 0 saturated carbocycles. The van der Waals surface area contributed by atoms with Gasteiger partial charge in [-0.05, 0) is 94.0 Å². The summed E-state index contributed by atoms with van der Waals surface area (Å²) in [6.45, 7) is 18.7. The minimum atomic E-state index is -0.935. The summed E-state index contributed by atoms with van der Waals surface area (Å²) in [7, 11) is 0. The summed E-state index contributed by atoms with van der Waals surface area (Å²) in [6, 6.07) is 0. The Hall–Kier alpha value is -4.85. The number of Topliss-reactive ketones (excluding diaryl/α,β-unsaturated/α-hetero) is 1. The van der Waals surface area contributed by atoms with Crippen molar-refractivity contribution in [2.45, 2.75) is 67.7 Å². The van der Waals surface area contributed by atoms with Crippen LogP contribution in [0.25, 0.3) is 29.9 Å². The lowest BCUT2D eigenvalue weighted by molar-refractivity contribution is -0.142. The van der Waals surface area contributed by atoms with Crippen LogP contribution in [0.4, 0.5) is 0 Å². The first-order chi connectivity index (χ1) is 22.5. The summed E-state index contributed by atoms with van der Waals surface area (Å²) in [5.74, 6) is -1.60. The number of hydrogen-bond donors (Lipinski definition) is 4. The fourth-order valence-electron chi connectivity index (χ4n) is 7.47. The van der Waals surface area contributed by atoms with Crippen LogP contribution in [0, 0.1) is 38.5 Å². The number of ketones is 1. The van der Waals surface area contributed by atoms with Gasteiger partial charge in [-0.2, -0.15) is 0 Å². The first-order valence-electron chi connectivity index (χ1n) is 16.5. The Bertz CT molecular complexity index is 2050. The third kappa shape index (κ3) is 5.39. The fourth-order valence-corrected chi connectivity index (χ4v) is 7.47. The maximum absolute atomic E-state index is 13.9. The van der Waals surface area contributed by atoms with Crippen molar-refractivity contribution < 1.29 is 19.1 Å². The highest BCUT2D eigenvalue weighted by Gasteiger charge is 2.45. The topological polar surface area (TPSA) is 120 Å². The summed E-state index contributed by atoms with van der Waals surface area (Å²) in [5.41, 5.74) is 12.7. The second-order valence-corrected chi connectivity index (χ2v) is 13.2. The second kappa shape index (κ2) is 12.4. The number of nitrogens with one attached hydrogen (secondary N) is 4. The number of hydrogen-bond acceptors (Lipinski definition) is 5. The monoisotopic (exact) mass is 632 g/mol. The van der Waals surface area contributed by atoms with Crippen LogP contribution in [-0.2, 0) is 20.7 Å². The normalized spacial score (nSPS) is 23.6. The number of fused-ring (bicyclic) bond motifs is 7. The molecular formula is C39H44N4O4. The molecule has 8 nitrogen and oxygen atoms in total. The molecule has 0 spiro atoms. The number of aldehydes is 1. The zero-order valence-corrected chi connectivity index (χ0v) is 28.4. The van der Waals surface area contributed by atoms with E-state index >= 15 is 0 Å². The van der Waals surface area contributed by atoms with Gasteiger partial charge in [0, 0.05) is 74.1 Å². The van der Waals surface area contributed by atoms with E-state index in [-0.39, 0.29) is 36.6 Å². The number of carbonyl (C=O) groups excluding carboxylic acids is 3. The molecule has 0 unspecified atom stereocenters. The predicted octanol–water partition coefficient (Wildman–Crippen LogP) is 5.68. The number of ether oxygens (including phenoxy) is 1. The van der Waals surface area contributed by atoms with E-state index in [1.807, 2.05) is 32.9 Å². The Morgan fingerprint density at radius 1 is 0.979 bits per heavy atom. The molecule has 8 heteroatoms. The van der Waals surface area contributed by atoms with Gasteiger partial charge in [0.25, 0.3) is 0 Å². The van der Waals surface area contributed by atoms with Crippen LogP contribution >= 0.6 is 0 Å². The third-order valence-electron chi connectivity index (χ3n) is 10.2. The minimum Gasteiger partial charge on any atom is -0.461 e. The molecular weight excluding hydrogens is 588 g/mol. The minimum absolute atomic E-state index is 0.0328. The van der Waals surface area contributed by atoms with Crippen LogP contribution in [-0.4, -0.2) is 39.6 Å². The fraction of sp³-hybridized carbons (Fsp3) is 0.359. The van der Waals surface area contributed by atoms with E-state index in [0.29, 0.717) is 23.3 Å². The Labute approximate surface area is 275 Å². The Morgan fingerprint density at radius 3 is 2.38 bits per heavy atom. The molecule has 0 radical (unpaired) electrons. The third-order valence-corrected chi connectivity index (χ3v) is 10.2. The van der Waals surface area contributed by atoms with E-state index in [0.717, 1.165) is 74.1 Å². The van der Waals surface area contributed by atoms with E-state index < -0.39 is 5.92 Å². The van der Waals surface area contributed by atoms with Gasteiger partial charge in [0.05, 0.1) is 5.69 Å². The van der Waals surface area contributed by atoms with Gasteiger partial charge in [-0.25, -0.2) is 0 Å². The van der Waals surface area contributed by atoms with Gasteiger partial charge in [0.15, 0.2) is 5.78 Å². The molecule has 1 fully saturated rings. The van der Waals surface area contributed by atoms with Gasteiger partial charge in [0.1, 0.15) is 18.8 Å². The van der Waals surface area contributed by atoms with Crippen molar-refractivity contribution in [1.82, 2.24) is 20.3 Å². The quantitative estimate of drug-likeness (QED) is 0.110. The lowest BCUT2D eigenvalue weighted by Crippen LogP contribution is -2.18. The number of rotatable bonds is 8. The van der Waals surface area contributed by atoms with E-state index in [2.05, 4.69) is 72.8 Å². The van der Waals surface area contributed by atoms with Crippen LogP contribution in [0.2, 0.25) is 0 Å². The van der Waals surface area contributed by atoms with Crippen molar-refractivity contribution in [2.75, 3.05) is 6.61 Å². The molecule has 0 amide bonds. The number of esters is 1. The van der Waals surface area contributed by atoms with Gasteiger partial charge >= 0.3 is 5.97 Å². The molecule has 4 N–H and O–H groups in total. The van der Waals surface area contributed by atoms with Gasteiger partial charge in [-0.15, -0.1) is 0 Å². The Kier molecular flexibility index (Phi) is 8.47. The largest absolute Gasteiger partial charge is 0.461 e. The molecule has 2 aliphatic heterocycles. The van der Waals surface area contributed by atoms with Crippen LogP contribution in [0.15, 0.2) is 29.6 Å². The van der Waals surface area contributed by atoms with E-state index in [9.17, 15) is 14.4 Å². The van der Waals surface area contributed by atoms with Crippen LogP contribution < -0.4 is 16.0 Å². The molecule has 3 aromatic rings. The molecule has 3 aliphatic rings. The van der Waals surface area contributed by atoms with Crippen molar-refractivity contribution in [3.05, 3.63) is 96.5 Å². The SMILES string of the molecule is C=Cc1c2[nH]c(c1C)/C=C1\N/C(=C3\c4[nH]c(c(C)c4C(=O)[C@@H]3C=O)/C=c3\[nH]/c(c(C)c3CC)=C\2)[C@@H](CCC(=O)OCC=C(C)C)[C@@H]1C. The van der Waals surface area contributed by atoms with Crippen molar-refractivity contribution in [2.24, 2.45) is 17.8 Å². The summed E-state index contributed by atoms with van der Waals surface area (Å²) in [4.78, 5) is 50.2. The van der Waals surface area contributed by atoms with E-state index in [1.165, 1.54) is 11.1 Å². The molecule has 47 heavy (non-hydrogen) atoms. The highest BCUT2D eigenvalue weighted by atomic mass is 16.5. The summed E-state index contributed by atoms with van der Waals surface area (Å²) < 4.78 is 5.49. The summed E-state index contributed by atoms with van der Waals surface area (Å²) in [6.07, 6.45) is 12.4. The number of aromatic amines is 3. The number of allylic oxidation sites excluding steroid dienone is 4. The highest BCUT2D eigenvalue weighted by Crippen LogP contribution is 2.47. The van der Waals surface area contributed by atoms with Crippen molar-refractivity contribution >= 4 is 47.9 Å². The molecule has 3 aromatic heterocycles. The van der Waals surface area contributed by atoms with Gasteiger partial charge < -0.3 is 29.8 Å². The molecule has 0 aromatic carbocycles. The number of aromatic nitrogens is 3.